The Morgan fingerprint density at radius 2 is 1.68 bits per heavy atom. The maximum Gasteiger partial charge on any atom is 0.278 e. The topological polar surface area (TPSA) is 67.9 Å². The second kappa shape index (κ2) is 9.43. The molecule has 0 aromatic heterocycles. The predicted octanol–water partition coefficient (Wildman–Crippen LogP) is 4.98. The van der Waals surface area contributed by atoms with Crippen molar-refractivity contribution >= 4 is 34.7 Å². The molecule has 0 saturated heterocycles. The zero-order chi connectivity index (χ0) is 22.7. The molecule has 1 heterocycles. The zero-order valence-corrected chi connectivity index (χ0v) is 19.1. The molecule has 2 amide bonds. The normalized spacial score (nSPS) is 14.1. The largest absolute Gasteiger partial charge is 0.495 e. The molecule has 1 N–H and O–H groups in total. The van der Waals surface area contributed by atoms with Crippen LogP contribution in [0, 0.1) is 5.92 Å². The highest BCUT2D eigenvalue weighted by Crippen LogP contribution is 2.35. The van der Waals surface area contributed by atoms with Crippen molar-refractivity contribution < 1.29 is 19.1 Å². The minimum absolute atomic E-state index is 0.0359. The Hall–Kier alpha value is -2.99. The van der Waals surface area contributed by atoms with Crippen LogP contribution >= 0.6 is 11.6 Å². The number of halogens is 1. The van der Waals surface area contributed by atoms with Gasteiger partial charge >= 0.3 is 0 Å². The van der Waals surface area contributed by atoms with Crippen molar-refractivity contribution in [3.63, 3.8) is 0 Å². The first-order valence-corrected chi connectivity index (χ1v) is 10.6. The lowest BCUT2D eigenvalue weighted by Crippen LogP contribution is -2.35. The molecule has 164 valence electrons. The van der Waals surface area contributed by atoms with Gasteiger partial charge in [-0.3, -0.25) is 14.5 Å². The van der Waals surface area contributed by atoms with Crippen LogP contribution in [-0.4, -0.2) is 36.5 Å². The summed E-state index contributed by atoms with van der Waals surface area (Å²) in [5, 5.41) is 3.59. The van der Waals surface area contributed by atoms with E-state index < -0.39 is 0 Å². The van der Waals surface area contributed by atoms with E-state index in [0.29, 0.717) is 39.9 Å². The van der Waals surface area contributed by atoms with Crippen LogP contribution in [0.1, 0.15) is 33.3 Å². The van der Waals surface area contributed by atoms with Crippen LogP contribution in [0.25, 0.3) is 5.57 Å². The Morgan fingerprint density at radius 1 is 1.00 bits per heavy atom. The third-order valence-electron chi connectivity index (χ3n) is 4.65. The van der Waals surface area contributed by atoms with Crippen molar-refractivity contribution in [3.05, 3.63) is 58.7 Å². The van der Waals surface area contributed by atoms with Gasteiger partial charge in [0.1, 0.15) is 17.2 Å². The molecule has 0 saturated carbocycles. The molecule has 0 unspecified atom stereocenters. The van der Waals surface area contributed by atoms with E-state index in [4.69, 9.17) is 21.1 Å². The maximum absolute atomic E-state index is 13.3. The van der Waals surface area contributed by atoms with Gasteiger partial charge in [0.25, 0.3) is 11.8 Å². The number of methoxy groups -OCH3 is 1. The van der Waals surface area contributed by atoms with Crippen molar-refractivity contribution in [3.8, 4) is 11.5 Å². The van der Waals surface area contributed by atoms with Crippen LogP contribution < -0.4 is 14.8 Å². The molecule has 1 aliphatic heterocycles. The van der Waals surface area contributed by atoms with Gasteiger partial charge in [0.15, 0.2) is 0 Å². The van der Waals surface area contributed by atoms with Crippen LogP contribution in [0.15, 0.2) is 48.2 Å². The van der Waals surface area contributed by atoms with Crippen LogP contribution in [-0.2, 0) is 9.59 Å². The monoisotopic (exact) mass is 442 g/mol. The van der Waals surface area contributed by atoms with E-state index in [2.05, 4.69) is 5.32 Å². The minimum atomic E-state index is -0.377. The minimum Gasteiger partial charge on any atom is -0.495 e. The number of benzene rings is 2. The lowest BCUT2D eigenvalue weighted by atomic mass is 10.0. The number of carbonyl (C=O) groups is 2. The van der Waals surface area contributed by atoms with Gasteiger partial charge < -0.3 is 14.8 Å². The molecule has 6 nitrogen and oxygen atoms in total. The highest BCUT2D eigenvalue weighted by atomic mass is 35.5. The second-order valence-corrected chi connectivity index (χ2v) is 8.46. The predicted molar refractivity (Wildman–Crippen MR) is 122 cm³/mol. The quantitative estimate of drug-likeness (QED) is 0.583. The van der Waals surface area contributed by atoms with Gasteiger partial charge in [-0.25, -0.2) is 0 Å². The highest BCUT2D eigenvalue weighted by Gasteiger charge is 2.39. The number of carbonyl (C=O) groups excluding carboxylic acids is 2. The summed E-state index contributed by atoms with van der Waals surface area (Å²) in [5.74, 6) is 0.634. The Kier molecular flexibility index (Phi) is 6.91. The Morgan fingerprint density at radius 3 is 2.26 bits per heavy atom. The first-order valence-electron chi connectivity index (χ1n) is 10.2. The SMILES string of the molecule is COc1ccc(Cl)cc1NC1=C(c2ccc(OC(C)C)cc2)C(=O)N(CC(C)C)C1=O. The standard InChI is InChI=1S/C24H27ClN2O4/c1-14(2)13-27-23(28)21(16-6-9-18(10-7-16)31-15(3)4)22(24(27)29)26-19-12-17(25)8-11-20(19)30-5/h6-12,14-15,26H,13H2,1-5H3. The third kappa shape index (κ3) is 5.02. The number of amides is 2. The maximum atomic E-state index is 13.3. The van der Waals surface area contributed by atoms with Gasteiger partial charge in [-0.05, 0) is 55.7 Å². The summed E-state index contributed by atoms with van der Waals surface area (Å²) >= 11 is 6.15. The Balaban J connectivity index is 2.06. The summed E-state index contributed by atoms with van der Waals surface area (Å²) in [6.07, 6.45) is 0.0359. The third-order valence-corrected chi connectivity index (χ3v) is 4.89. The molecule has 0 bridgehead atoms. The molecular formula is C24H27ClN2O4. The number of hydrogen-bond acceptors (Lipinski definition) is 5. The van der Waals surface area contributed by atoms with Gasteiger partial charge in [-0.2, -0.15) is 0 Å². The second-order valence-electron chi connectivity index (χ2n) is 8.03. The van der Waals surface area contributed by atoms with Crippen LogP contribution in [0.3, 0.4) is 0 Å². The van der Waals surface area contributed by atoms with E-state index in [1.165, 1.54) is 12.0 Å². The number of imide groups is 1. The Labute approximate surface area is 187 Å². The molecule has 0 aliphatic carbocycles. The molecule has 3 rings (SSSR count). The summed E-state index contributed by atoms with van der Waals surface area (Å²) in [6.45, 7) is 8.14. The summed E-state index contributed by atoms with van der Waals surface area (Å²) in [6, 6.07) is 12.2. The van der Waals surface area contributed by atoms with Crippen LogP contribution in [0.2, 0.25) is 5.02 Å². The summed E-state index contributed by atoms with van der Waals surface area (Å²) in [7, 11) is 1.53. The van der Waals surface area contributed by atoms with Gasteiger partial charge in [-0.15, -0.1) is 0 Å². The number of ether oxygens (including phenoxy) is 2. The van der Waals surface area contributed by atoms with Gasteiger partial charge in [0.05, 0.1) is 24.5 Å². The molecule has 0 spiro atoms. The Bertz CT molecular complexity index is 1010. The molecule has 0 radical (unpaired) electrons. The summed E-state index contributed by atoms with van der Waals surface area (Å²) in [5.41, 5.74) is 1.64. The first kappa shape index (κ1) is 22.7. The van der Waals surface area contributed by atoms with Crippen molar-refractivity contribution in [2.45, 2.75) is 33.8 Å². The molecule has 1 aliphatic rings. The molecule has 2 aromatic rings. The van der Waals surface area contributed by atoms with E-state index in [0.717, 1.165) is 0 Å². The smallest absolute Gasteiger partial charge is 0.278 e. The fraction of sp³-hybridized carbons (Fsp3) is 0.333. The fourth-order valence-corrected chi connectivity index (χ4v) is 3.55. The lowest BCUT2D eigenvalue weighted by Gasteiger charge is -2.17. The highest BCUT2D eigenvalue weighted by molar-refractivity contribution is 6.36. The fourth-order valence-electron chi connectivity index (χ4n) is 3.38. The molecule has 31 heavy (non-hydrogen) atoms. The zero-order valence-electron chi connectivity index (χ0n) is 18.4. The van der Waals surface area contributed by atoms with E-state index in [-0.39, 0.29) is 29.5 Å². The summed E-state index contributed by atoms with van der Waals surface area (Å²) in [4.78, 5) is 27.8. The average molecular weight is 443 g/mol. The molecule has 2 aromatic carbocycles. The van der Waals surface area contributed by atoms with Gasteiger partial charge in [0, 0.05) is 11.6 Å². The molecule has 0 fully saturated rings. The van der Waals surface area contributed by atoms with Crippen molar-refractivity contribution in [1.29, 1.82) is 0 Å². The first-order chi connectivity index (χ1) is 14.7. The molecule has 0 atom stereocenters. The molecular weight excluding hydrogens is 416 g/mol. The van der Waals surface area contributed by atoms with Crippen molar-refractivity contribution in [2.24, 2.45) is 5.92 Å². The number of anilines is 1. The number of nitrogens with zero attached hydrogens (tertiary/aromatic N) is 1. The van der Waals surface area contributed by atoms with Crippen LogP contribution in [0.5, 0.6) is 11.5 Å². The van der Waals surface area contributed by atoms with Gasteiger partial charge in [0.2, 0.25) is 0 Å². The van der Waals surface area contributed by atoms with E-state index in [1.807, 2.05) is 27.7 Å². The van der Waals surface area contributed by atoms with Gasteiger partial charge in [-0.1, -0.05) is 37.6 Å². The van der Waals surface area contributed by atoms with E-state index in [9.17, 15) is 9.59 Å². The summed E-state index contributed by atoms with van der Waals surface area (Å²) < 4.78 is 11.1. The average Bonchev–Trinajstić information content (AvgIpc) is 2.92. The number of nitrogens with one attached hydrogen (secondary N) is 1. The lowest BCUT2D eigenvalue weighted by molar-refractivity contribution is -0.137. The van der Waals surface area contributed by atoms with Crippen LogP contribution in [0.4, 0.5) is 5.69 Å². The van der Waals surface area contributed by atoms with E-state index >= 15 is 0 Å². The van der Waals surface area contributed by atoms with Crippen molar-refractivity contribution in [2.75, 3.05) is 19.0 Å². The molecule has 7 heteroatoms. The number of rotatable bonds is 8. The van der Waals surface area contributed by atoms with E-state index in [1.54, 1.807) is 42.5 Å². The number of hydrogen-bond donors (Lipinski definition) is 1. The van der Waals surface area contributed by atoms with Crippen molar-refractivity contribution in [1.82, 2.24) is 4.90 Å².